The summed E-state index contributed by atoms with van der Waals surface area (Å²) < 4.78 is 0. The van der Waals surface area contributed by atoms with Crippen molar-refractivity contribution in [3.8, 4) is 0 Å². The molecule has 1 N–H and O–H groups in total. The lowest BCUT2D eigenvalue weighted by molar-refractivity contribution is -0.113. The Kier molecular flexibility index (Phi) is 2.31. The average molecular weight is 184 g/mol. The second-order valence-electron chi connectivity index (χ2n) is 5.65. The normalized spacial score (nSPS) is 31.5. The van der Waals surface area contributed by atoms with Crippen molar-refractivity contribution in [2.24, 2.45) is 10.8 Å². The van der Waals surface area contributed by atoms with E-state index < -0.39 is 5.60 Å². The maximum absolute atomic E-state index is 10.9. The first-order chi connectivity index (χ1) is 5.72. The molecule has 0 aromatic heterocycles. The van der Waals surface area contributed by atoms with E-state index in [-0.39, 0.29) is 10.8 Å². The van der Waals surface area contributed by atoms with Crippen molar-refractivity contribution >= 4 is 6.29 Å². The number of carbonyl (C=O) groups is 1. The molecule has 2 heteroatoms. The van der Waals surface area contributed by atoms with Crippen LogP contribution in [0.2, 0.25) is 0 Å². The van der Waals surface area contributed by atoms with Gasteiger partial charge in [0.25, 0.3) is 0 Å². The van der Waals surface area contributed by atoms with E-state index in [1.807, 2.05) is 0 Å². The van der Waals surface area contributed by atoms with E-state index in [1.165, 1.54) is 0 Å². The van der Waals surface area contributed by atoms with Crippen LogP contribution in [0.25, 0.3) is 0 Å². The number of carbonyl (C=O) groups excluding carboxylic acids is 1. The van der Waals surface area contributed by atoms with Gasteiger partial charge in [-0.15, -0.1) is 0 Å². The van der Waals surface area contributed by atoms with Gasteiger partial charge in [-0.3, -0.25) is 0 Å². The molecule has 1 fully saturated rings. The minimum atomic E-state index is -0.644. The summed E-state index contributed by atoms with van der Waals surface area (Å²) in [7, 11) is 0. The summed E-state index contributed by atoms with van der Waals surface area (Å²) in [4.78, 5) is 10.9. The average Bonchev–Trinajstić information content (AvgIpc) is 2.49. The van der Waals surface area contributed by atoms with Gasteiger partial charge in [-0.1, -0.05) is 13.8 Å². The number of aldehydes is 1. The van der Waals surface area contributed by atoms with E-state index in [1.54, 1.807) is 13.8 Å². The van der Waals surface area contributed by atoms with E-state index >= 15 is 0 Å². The predicted molar refractivity (Wildman–Crippen MR) is 52.4 cm³/mol. The molecule has 0 bridgehead atoms. The van der Waals surface area contributed by atoms with Gasteiger partial charge >= 0.3 is 0 Å². The lowest BCUT2D eigenvalue weighted by Gasteiger charge is -2.20. The molecule has 76 valence electrons. The van der Waals surface area contributed by atoms with Gasteiger partial charge < -0.3 is 9.90 Å². The van der Waals surface area contributed by atoms with Gasteiger partial charge in [0.2, 0.25) is 0 Å². The summed E-state index contributed by atoms with van der Waals surface area (Å²) in [5.41, 5.74) is -0.637. The van der Waals surface area contributed by atoms with E-state index in [9.17, 15) is 9.90 Å². The molecular formula is C11H20O2. The second kappa shape index (κ2) is 2.81. The zero-order valence-electron chi connectivity index (χ0n) is 9.05. The summed E-state index contributed by atoms with van der Waals surface area (Å²) in [5.74, 6) is 0. The van der Waals surface area contributed by atoms with Gasteiger partial charge in [0.05, 0.1) is 5.60 Å². The molecule has 0 spiro atoms. The van der Waals surface area contributed by atoms with Crippen LogP contribution in [0, 0.1) is 10.8 Å². The molecule has 2 nitrogen and oxygen atoms in total. The second-order valence-corrected chi connectivity index (χ2v) is 5.65. The molecule has 0 saturated heterocycles. The van der Waals surface area contributed by atoms with Crippen LogP contribution in [-0.2, 0) is 4.79 Å². The summed E-state index contributed by atoms with van der Waals surface area (Å²) in [6, 6.07) is 0. The monoisotopic (exact) mass is 184 g/mol. The Morgan fingerprint density at radius 3 is 2.15 bits per heavy atom. The Balaban J connectivity index is 2.50. The molecule has 0 aliphatic heterocycles. The molecule has 1 saturated carbocycles. The van der Waals surface area contributed by atoms with Crippen LogP contribution in [0.4, 0.5) is 0 Å². The SMILES string of the molecule is CC(C)(O)CCC1(C=O)CC1(C)C. The third-order valence-electron chi connectivity index (χ3n) is 3.39. The molecule has 1 aliphatic rings. The van der Waals surface area contributed by atoms with Gasteiger partial charge in [0.1, 0.15) is 6.29 Å². The smallest absolute Gasteiger partial charge is 0.126 e. The van der Waals surface area contributed by atoms with Gasteiger partial charge in [0.15, 0.2) is 0 Å². The van der Waals surface area contributed by atoms with Crippen LogP contribution in [0.1, 0.15) is 47.0 Å². The minimum Gasteiger partial charge on any atom is -0.390 e. The highest BCUT2D eigenvalue weighted by molar-refractivity contribution is 5.66. The molecule has 1 unspecified atom stereocenters. The number of aliphatic hydroxyl groups is 1. The molecule has 1 aliphatic carbocycles. The third-order valence-corrected chi connectivity index (χ3v) is 3.39. The zero-order chi connectivity index (χ0) is 10.3. The largest absolute Gasteiger partial charge is 0.390 e. The van der Waals surface area contributed by atoms with Crippen molar-refractivity contribution in [2.45, 2.75) is 52.6 Å². The van der Waals surface area contributed by atoms with Gasteiger partial charge in [-0.25, -0.2) is 0 Å². The first-order valence-corrected chi connectivity index (χ1v) is 4.91. The fraction of sp³-hybridized carbons (Fsp3) is 0.909. The van der Waals surface area contributed by atoms with Crippen molar-refractivity contribution in [3.05, 3.63) is 0 Å². The quantitative estimate of drug-likeness (QED) is 0.680. The summed E-state index contributed by atoms with van der Waals surface area (Å²) in [6.07, 6.45) is 3.57. The molecule has 0 amide bonds. The van der Waals surface area contributed by atoms with E-state index in [2.05, 4.69) is 13.8 Å². The summed E-state index contributed by atoms with van der Waals surface area (Å²) >= 11 is 0. The van der Waals surface area contributed by atoms with Crippen LogP contribution < -0.4 is 0 Å². The Morgan fingerprint density at radius 1 is 1.46 bits per heavy atom. The Labute approximate surface area is 80.3 Å². The Bertz CT molecular complexity index is 213. The first-order valence-electron chi connectivity index (χ1n) is 4.91. The minimum absolute atomic E-state index is 0.146. The zero-order valence-corrected chi connectivity index (χ0v) is 9.05. The highest BCUT2D eigenvalue weighted by Crippen LogP contribution is 2.64. The Hall–Kier alpha value is -0.370. The van der Waals surface area contributed by atoms with Crippen LogP contribution in [0.15, 0.2) is 0 Å². The fourth-order valence-electron chi connectivity index (χ4n) is 1.96. The standard InChI is InChI=1S/C11H20O2/c1-9(2)7-11(9,8-12)6-5-10(3,4)13/h8,13H,5-7H2,1-4H3. The van der Waals surface area contributed by atoms with Crippen molar-refractivity contribution < 1.29 is 9.90 Å². The number of rotatable bonds is 4. The highest BCUT2D eigenvalue weighted by atomic mass is 16.3. The molecule has 13 heavy (non-hydrogen) atoms. The van der Waals surface area contributed by atoms with Gasteiger partial charge in [-0.2, -0.15) is 0 Å². The van der Waals surface area contributed by atoms with Crippen molar-refractivity contribution in [2.75, 3.05) is 0 Å². The van der Waals surface area contributed by atoms with Gasteiger partial charge in [0, 0.05) is 5.41 Å². The van der Waals surface area contributed by atoms with Crippen molar-refractivity contribution in [1.82, 2.24) is 0 Å². The molecule has 0 aromatic rings. The van der Waals surface area contributed by atoms with Crippen molar-refractivity contribution in [1.29, 1.82) is 0 Å². The summed E-state index contributed by atoms with van der Waals surface area (Å²) in [5, 5.41) is 9.56. The lowest BCUT2D eigenvalue weighted by Crippen LogP contribution is -2.22. The van der Waals surface area contributed by atoms with Crippen LogP contribution >= 0.6 is 0 Å². The molecule has 0 aromatic carbocycles. The predicted octanol–water partition coefficient (Wildman–Crippen LogP) is 2.15. The highest BCUT2D eigenvalue weighted by Gasteiger charge is 2.60. The van der Waals surface area contributed by atoms with Crippen LogP contribution in [-0.4, -0.2) is 17.0 Å². The number of hydrogen-bond donors (Lipinski definition) is 1. The summed E-state index contributed by atoms with van der Waals surface area (Å²) in [6.45, 7) is 7.82. The molecule has 1 rings (SSSR count). The fourth-order valence-corrected chi connectivity index (χ4v) is 1.96. The number of hydrogen-bond acceptors (Lipinski definition) is 2. The molecule has 0 radical (unpaired) electrons. The van der Waals surface area contributed by atoms with E-state index in [0.717, 1.165) is 19.1 Å². The van der Waals surface area contributed by atoms with Crippen LogP contribution in [0.5, 0.6) is 0 Å². The third kappa shape index (κ3) is 2.11. The topological polar surface area (TPSA) is 37.3 Å². The van der Waals surface area contributed by atoms with Crippen LogP contribution in [0.3, 0.4) is 0 Å². The first kappa shape index (κ1) is 10.7. The Morgan fingerprint density at radius 2 is 1.92 bits per heavy atom. The van der Waals surface area contributed by atoms with Crippen molar-refractivity contribution in [3.63, 3.8) is 0 Å². The molecule has 0 heterocycles. The maximum atomic E-state index is 10.9. The van der Waals surface area contributed by atoms with E-state index in [0.29, 0.717) is 6.42 Å². The lowest BCUT2D eigenvalue weighted by atomic mass is 9.88. The molecule has 1 atom stereocenters. The molecular weight excluding hydrogens is 164 g/mol. The maximum Gasteiger partial charge on any atom is 0.126 e. The van der Waals surface area contributed by atoms with Gasteiger partial charge in [-0.05, 0) is 38.5 Å². The van der Waals surface area contributed by atoms with E-state index in [4.69, 9.17) is 0 Å².